The Balaban J connectivity index is 2.43. The molecule has 4 heteroatoms. The van der Waals surface area contributed by atoms with Gasteiger partial charge in [0, 0.05) is 6.54 Å². The number of hydrogen-bond acceptors (Lipinski definition) is 2. The minimum atomic E-state index is -0.472. The summed E-state index contributed by atoms with van der Waals surface area (Å²) >= 11 is 0. The van der Waals surface area contributed by atoms with E-state index < -0.39 is 11.7 Å². The summed E-state index contributed by atoms with van der Waals surface area (Å²) in [6.45, 7) is 5.90. The molecule has 0 bridgehead atoms. The Hall–Kier alpha value is -1.45. The van der Waals surface area contributed by atoms with Crippen LogP contribution in [-0.2, 0) is 11.3 Å². The maximum atomic E-state index is 11.4. The summed E-state index contributed by atoms with van der Waals surface area (Å²) in [7, 11) is 5.62. The van der Waals surface area contributed by atoms with Crippen molar-refractivity contribution in [1.29, 1.82) is 0 Å². The average Bonchev–Trinajstić information content (AvgIpc) is 2.12. The number of rotatable bonds is 2. The van der Waals surface area contributed by atoms with Gasteiger partial charge in [-0.3, -0.25) is 0 Å². The number of ether oxygens (including phenoxy) is 1. The molecule has 0 spiro atoms. The van der Waals surface area contributed by atoms with Crippen molar-refractivity contribution in [3.8, 4) is 0 Å². The molecule has 1 amide bonds. The Morgan fingerprint density at radius 2 is 2.12 bits per heavy atom. The lowest BCUT2D eigenvalue weighted by molar-refractivity contribution is 0.0523. The third-order valence-electron chi connectivity index (χ3n) is 1.79. The fourth-order valence-corrected chi connectivity index (χ4v) is 1.19. The molecule has 1 aromatic carbocycles. The predicted octanol–water partition coefficient (Wildman–Crippen LogP) is 1.51. The second-order valence-electron chi connectivity index (χ2n) is 4.60. The molecule has 0 aliphatic carbocycles. The lowest BCUT2D eigenvalue weighted by atomic mass is 9.94. The van der Waals surface area contributed by atoms with Crippen LogP contribution in [0.2, 0.25) is 0 Å². The van der Waals surface area contributed by atoms with Crippen LogP contribution in [0.3, 0.4) is 0 Å². The lowest BCUT2D eigenvalue weighted by Crippen LogP contribution is -2.32. The minimum Gasteiger partial charge on any atom is -0.444 e. The van der Waals surface area contributed by atoms with E-state index in [1.807, 2.05) is 39.0 Å². The van der Waals surface area contributed by atoms with Gasteiger partial charge in [0.05, 0.1) is 0 Å². The molecule has 0 heterocycles. The summed E-state index contributed by atoms with van der Waals surface area (Å²) in [5, 5.41) is 2.67. The van der Waals surface area contributed by atoms with Crippen molar-refractivity contribution in [2.24, 2.45) is 0 Å². The number of carbonyl (C=O) groups excluding carboxylic acids is 1. The summed E-state index contributed by atoms with van der Waals surface area (Å²) in [6.07, 6.45) is -0.421. The van der Waals surface area contributed by atoms with Crippen LogP contribution in [-0.4, -0.2) is 19.5 Å². The maximum absolute atomic E-state index is 11.4. The van der Waals surface area contributed by atoms with E-state index in [0.717, 1.165) is 5.56 Å². The number of benzene rings is 1. The Bertz CT molecular complexity index is 372. The minimum absolute atomic E-state index is 0.417. The fourth-order valence-electron chi connectivity index (χ4n) is 1.19. The van der Waals surface area contributed by atoms with Gasteiger partial charge < -0.3 is 10.1 Å². The second kappa shape index (κ2) is 5.06. The van der Waals surface area contributed by atoms with E-state index in [4.69, 9.17) is 12.6 Å². The number of amides is 1. The fraction of sp³-hybridized carbons (Fsp3) is 0.417. The zero-order chi connectivity index (χ0) is 12.2. The molecule has 2 radical (unpaired) electrons. The van der Waals surface area contributed by atoms with Crippen LogP contribution in [0.15, 0.2) is 24.3 Å². The van der Waals surface area contributed by atoms with Crippen LogP contribution in [0.4, 0.5) is 4.79 Å². The summed E-state index contributed by atoms with van der Waals surface area (Å²) in [5.41, 5.74) is 1.16. The molecule has 0 aromatic heterocycles. The largest absolute Gasteiger partial charge is 0.444 e. The van der Waals surface area contributed by atoms with Crippen molar-refractivity contribution in [1.82, 2.24) is 5.32 Å². The topological polar surface area (TPSA) is 38.3 Å². The van der Waals surface area contributed by atoms with Gasteiger partial charge in [0.25, 0.3) is 0 Å². The molecule has 0 aliphatic rings. The number of hydrogen-bond donors (Lipinski definition) is 1. The van der Waals surface area contributed by atoms with Crippen LogP contribution in [0, 0.1) is 0 Å². The van der Waals surface area contributed by atoms with E-state index in [2.05, 4.69) is 5.32 Å². The van der Waals surface area contributed by atoms with Gasteiger partial charge in [-0.1, -0.05) is 29.7 Å². The summed E-state index contributed by atoms with van der Waals surface area (Å²) < 4.78 is 5.11. The molecule has 0 saturated carbocycles. The number of alkyl carbamates (subject to hydrolysis) is 1. The third kappa shape index (κ3) is 4.87. The van der Waals surface area contributed by atoms with Gasteiger partial charge in [-0.15, -0.1) is 0 Å². The van der Waals surface area contributed by atoms with Gasteiger partial charge >= 0.3 is 6.09 Å². The highest BCUT2D eigenvalue weighted by atomic mass is 16.6. The smallest absolute Gasteiger partial charge is 0.407 e. The normalized spacial score (nSPS) is 10.9. The SMILES string of the molecule is [B]c1cccc(CNC(=O)OC(C)(C)C)c1. The molecular weight excluding hydrogens is 201 g/mol. The highest BCUT2D eigenvalue weighted by molar-refractivity contribution is 6.32. The highest BCUT2D eigenvalue weighted by Gasteiger charge is 2.15. The summed E-state index contributed by atoms with van der Waals surface area (Å²) in [6, 6.07) is 7.36. The maximum Gasteiger partial charge on any atom is 0.407 e. The summed E-state index contributed by atoms with van der Waals surface area (Å²) in [4.78, 5) is 11.4. The third-order valence-corrected chi connectivity index (χ3v) is 1.79. The van der Waals surface area contributed by atoms with E-state index >= 15 is 0 Å². The van der Waals surface area contributed by atoms with Crippen molar-refractivity contribution in [3.05, 3.63) is 29.8 Å². The van der Waals surface area contributed by atoms with Crippen molar-refractivity contribution < 1.29 is 9.53 Å². The molecule has 0 aliphatic heterocycles. The standard InChI is InChI=1S/C12H16BNO2/c1-12(2,3)16-11(15)14-8-9-5-4-6-10(13)7-9/h4-7H,8H2,1-3H3,(H,14,15). The van der Waals surface area contributed by atoms with Crippen LogP contribution < -0.4 is 10.8 Å². The van der Waals surface area contributed by atoms with Gasteiger partial charge in [0.1, 0.15) is 13.4 Å². The molecule has 1 N–H and O–H groups in total. The van der Waals surface area contributed by atoms with Crippen LogP contribution in [0.1, 0.15) is 26.3 Å². The van der Waals surface area contributed by atoms with E-state index in [1.165, 1.54) is 0 Å². The van der Waals surface area contributed by atoms with Crippen molar-refractivity contribution in [3.63, 3.8) is 0 Å². The Labute approximate surface area is 97.6 Å². The van der Waals surface area contributed by atoms with E-state index in [0.29, 0.717) is 12.0 Å². The number of carbonyl (C=O) groups is 1. The number of nitrogens with one attached hydrogen (secondary N) is 1. The molecule has 16 heavy (non-hydrogen) atoms. The van der Waals surface area contributed by atoms with Crippen molar-refractivity contribution in [2.75, 3.05) is 0 Å². The van der Waals surface area contributed by atoms with Crippen LogP contribution in [0.25, 0.3) is 0 Å². The second-order valence-corrected chi connectivity index (χ2v) is 4.60. The quantitative estimate of drug-likeness (QED) is 0.762. The monoisotopic (exact) mass is 217 g/mol. The Morgan fingerprint density at radius 1 is 1.44 bits per heavy atom. The highest BCUT2D eigenvalue weighted by Crippen LogP contribution is 2.06. The van der Waals surface area contributed by atoms with Crippen molar-refractivity contribution in [2.45, 2.75) is 32.9 Å². The van der Waals surface area contributed by atoms with E-state index in [9.17, 15) is 4.79 Å². The first-order chi connectivity index (χ1) is 7.37. The Morgan fingerprint density at radius 3 is 2.69 bits per heavy atom. The molecule has 3 nitrogen and oxygen atoms in total. The molecule has 0 saturated heterocycles. The summed E-state index contributed by atoms with van der Waals surface area (Å²) in [5.74, 6) is 0. The Kier molecular flexibility index (Phi) is 3.99. The molecule has 1 aromatic rings. The molecular formula is C12H16BNO2. The van der Waals surface area contributed by atoms with Crippen molar-refractivity contribution >= 4 is 19.4 Å². The van der Waals surface area contributed by atoms with Gasteiger partial charge in [0.15, 0.2) is 0 Å². The average molecular weight is 217 g/mol. The molecule has 0 atom stereocenters. The molecule has 84 valence electrons. The lowest BCUT2D eigenvalue weighted by Gasteiger charge is -2.19. The first kappa shape index (κ1) is 12.6. The van der Waals surface area contributed by atoms with Gasteiger partial charge in [-0.2, -0.15) is 0 Å². The zero-order valence-electron chi connectivity index (χ0n) is 9.91. The molecule has 0 unspecified atom stereocenters. The van der Waals surface area contributed by atoms with Crippen LogP contribution in [0.5, 0.6) is 0 Å². The van der Waals surface area contributed by atoms with Gasteiger partial charge in [-0.25, -0.2) is 4.79 Å². The van der Waals surface area contributed by atoms with Gasteiger partial charge in [0.2, 0.25) is 0 Å². The predicted molar refractivity (Wildman–Crippen MR) is 64.9 cm³/mol. The van der Waals surface area contributed by atoms with E-state index in [-0.39, 0.29) is 0 Å². The molecule has 0 fully saturated rings. The van der Waals surface area contributed by atoms with Crippen LogP contribution >= 0.6 is 0 Å². The van der Waals surface area contributed by atoms with E-state index in [1.54, 1.807) is 6.07 Å². The first-order valence-corrected chi connectivity index (χ1v) is 5.18. The first-order valence-electron chi connectivity index (χ1n) is 5.18. The zero-order valence-corrected chi connectivity index (χ0v) is 9.91. The van der Waals surface area contributed by atoms with Gasteiger partial charge in [-0.05, 0) is 26.3 Å². The molecule has 1 rings (SSSR count).